The van der Waals surface area contributed by atoms with Crippen molar-refractivity contribution < 1.29 is 14.7 Å². The van der Waals surface area contributed by atoms with Gasteiger partial charge in [-0.05, 0) is 24.1 Å². The summed E-state index contributed by atoms with van der Waals surface area (Å²) in [5.41, 5.74) is 6.44. The second kappa shape index (κ2) is 7.92. The zero-order valence-corrected chi connectivity index (χ0v) is 14.5. The standard InChI is InChI=1S/C20H19N3O4/c21-15(20(26)27)10-11-18(24)23-17(12-13-6-2-1-3-7-13)22-16-9-5-4-8-14(16)19(23)25/h1-9,15H,10-12,21H2,(H,26,27). The highest BCUT2D eigenvalue weighted by molar-refractivity contribution is 5.85. The first-order valence-electron chi connectivity index (χ1n) is 8.53. The minimum absolute atomic E-state index is 0.0573. The summed E-state index contributed by atoms with van der Waals surface area (Å²) in [5, 5.41) is 9.23. The molecule has 0 bridgehead atoms. The smallest absolute Gasteiger partial charge is 0.320 e. The molecule has 1 atom stereocenters. The number of carboxylic acid groups (broad SMARTS) is 1. The fourth-order valence-electron chi connectivity index (χ4n) is 2.85. The van der Waals surface area contributed by atoms with Crippen LogP contribution in [0.5, 0.6) is 0 Å². The molecule has 27 heavy (non-hydrogen) atoms. The van der Waals surface area contributed by atoms with Crippen LogP contribution in [-0.4, -0.2) is 32.6 Å². The summed E-state index contributed by atoms with van der Waals surface area (Å²) < 4.78 is 1.05. The SMILES string of the molecule is NC(CCC(=O)n1c(Cc2ccccc2)nc2ccccc2c1=O)C(=O)O. The molecule has 7 heteroatoms. The molecule has 0 saturated carbocycles. The second-order valence-electron chi connectivity index (χ2n) is 6.23. The molecule has 0 saturated heterocycles. The van der Waals surface area contributed by atoms with E-state index in [1.165, 1.54) is 0 Å². The first kappa shape index (κ1) is 18.5. The second-order valence-corrected chi connectivity index (χ2v) is 6.23. The molecule has 1 aromatic heterocycles. The topological polar surface area (TPSA) is 115 Å². The van der Waals surface area contributed by atoms with E-state index < -0.39 is 23.5 Å². The number of carbonyl (C=O) groups is 2. The summed E-state index contributed by atoms with van der Waals surface area (Å²) in [4.78, 5) is 41.0. The molecule has 3 aromatic rings. The summed E-state index contributed by atoms with van der Waals surface area (Å²) in [6.45, 7) is 0. The van der Waals surface area contributed by atoms with Crippen molar-refractivity contribution >= 4 is 22.8 Å². The van der Waals surface area contributed by atoms with E-state index in [0.29, 0.717) is 23.1 Å². The first-order valence-corrected chi connectivity index (χ1v) is 8.53. The lowest BCUT2D eigenvalue weighted by atomic mass is 10.1. The van der Waals surface area contributed by atoms with E-state index in [-0.39, 0.29) is 12.8 Å². The van der Waals surface area contributed by atoms with Gasteiger partial charge in [0.25, 0.3) is 5.56 Å². The van der Waals surface area contributed by atoms with E-state index >= 15 is 0 Å². The van der Waals surface area contributed by atoms with Crippen LogP contribution in [0.3, 0.4) is 0 Å². The predicted octanol–water partition coefficient (Wildman–Crippen LogP) is 1.82. The highest BCUT2D eigenvalue weighted by Gasteiger charge is 2.19. The number of nitrogens with zero attached hydrogens (tertiary/aromatic N) is 2. The highest BCUT2D eigenvalue weighted by atomic mass is 16.4. The monoisotopic (exact) mass is 365 g/mol. The van der Waals surface area contributed by atoms with Crippen LogP contribution < -0.4 is 11.3 Å². The van der Waals surface area contributed by atoms with Gasteiger partial charge in [0.1, 0.15) is 11.9 Å². The number of hydrogen-bond acceptors (Lipinski definition) is 5. The van der Waals surface area contributed by atoms with Crippen LogP contribution in [0.25, 0.3) is 10.9 Å². The fraction of sp³-hybridized carbons (Fsp3) is 0.200. The van der Waals surface area contributed by atoms with Crippen LogP contribution >= 0.6 is 0 Å². The maximum atomic E-state index is 12.9. The summed E-state index contributed by atoms with van der Waals surface area (Å²) in [7, 11) is 0. The van der Waals surface area contributed by atoms with Crippen molar-refractivity contribution in [2.45, 2.75) is 25.3 Å². The van der Waals surface area contributed by atoms with E-state index in [4.69, 9.17) is 10.8 Å². The van der Waals surface area contributed by atoms with Crippen molar-refractivity contribution in [2.24, 2.45) is 5.73 Å². The van der Waals surface area contributed by atoms with E-state index in [1.807, 2.05) is 30.3 Å². The van der Waals surface area contributed by atoms with E-state index in [1.54, 1.807) is 24.3 Å². The Morgan fingerprint density at radius 1 is 1.07 bits per heavy atom. The van der Waals surface area contributed by atoms with Crippen molar-refractivity contribution in [3.63, 3.8) is 0 Å². The lowest BCUT2D eigenvalue weighted by Crippen LogP contribution is -2.34. The molecule has 1 unspecified atom stereocenters. The summed E-state index contributed by atoms with van der Waals surface area (Å²) in [5.74, 6) is -1.38. The molecule has 0 aliphatic rings. The Kier molecular flexibility index (Phi) is 5.42. The van der Waals surface area contributed by atoms with Crippen LogP contribution in [0, 0.1) is 0 Å². The Morgan fingerprint density at radius 2 is 1.74 bits per heavy atom. The third-order valence-electron chi connectivity index (χ3n) is 4.29. The molecule has 1 heterocycles. The Labute approximate surface area is 155 Å². The molecular formula is C20H19N3O4. The quantitative estimate of drug-likeness (QED) is 0.688. The van der Waals surface area contributed by atoms with Gasteiger partial charge >= 0.3 is 5.97 Å². The molecule has 3 rings (SSSR count). The van der Waals surface area contributed by atoms with Crippen LogP contribution in [-0.2, 0) is 11.2 Å². The molecule has 0 radical (unpaired) electrons. The van der Waals surface area contributed by atoms with Gasteiger partial charge in [-0.2, -0.15) is 0 Å². The molecule has 2 aromatic carbocycles. The minimum Gasteiger partial charge on any atom is -0.480 e. The first-order chi connectivity index (χ1) is 13.0. The molecule has 0 amide bonds. The molecule has 3 N–H and O–H groups in total. The lowest BCUT2D eigenvalue weighted by Gasteiger charge is -2.13. The van der Waals surface area contributed by atoms with E-state index in [0.717, 1.165) is 10.1 Å². The van der Waals surface area contributed by atoms with Crippen molar-refractivity contribution in [2.75, 3.05) is 0 Å². The Hall–Kier alpha value is -3.32. The molecule has 138 valence electrons. The van der Waals surface area contributed by atoms with E-state index in [9.17, 15) is 14.4 Å². The number of para-hydroxylation sites is 1. The van der Waals surface area contributed by atoms with Crippen molar-refractivity contribution in [3.8, 4) is 0 Å². The van der Waals surface area contributed by atoms with Crippen molar-refractivity contribution in [3.05, 3.63) is 76.3 Å². The lowest BCUT2D eigenvalue weighted by molar-refractivity contribution is -0.138. The number of rotatable bonds is 6. The maximum Gasteiger partial charge on any atom is 0.320 e. The van der Waals surface area contributed by atoms with Gasteiger partial charge in [-0.25, -0.2) is 9.55 Å². The van der Waals surface area contributed by atoms with Crippen molar-refractivity contribution in [1.29, 1.82) is 0 Å². The van der Waals surface area contributed by atoms with Crippen LogP contribution in [0.2, 0.25) is 0 Å². The van der Waals surface area contributed by atoms with Gasteiger partial charge in [-0.15, -0.1) is 0 Å². The number of fused-ring (bicyclic) bond motifs is 1. The van der Waals surface area contributed by atoms with Crippen LogP contribution in [0.1, 0.15) is 29.0 Å². The van der Waals surface area contributed by atoms with Crippen LogP contribution in [0.15, 0.2) is 59.4 Å². The minimum atomic E-state index is -1.18. The number of carboxylic acids is 1. The highest BCUT2D eigenvalue weighted by Crippen LogP contribution is 2.13. The predicted molar refractivity (Wildman–Crippen MR) is 101 cm³/mol. The molecule has 0 spiro atoms. The average molecular weight is 365 g/mol. The molecular weight excluding hydrogens is 346 g/mol. The molecule has 7 nitrogen and oxygen atoms in total. The van der Waals surface area contributed by atoms with Gasteiger partial charge in [-0.3, -0.25) is 14.4 Å². The molecule has 0 aliphatic carbocycles. The van der Waals surface area contributed by atoms with Crippen LogP contribution in [0.4, 0.5) is 0 Å². The van der Waals surface area contributed by atoms with Gasteiger partial charge in [-0.1, -0.05) is 42.5 Å². The third-order valence-corrected chi connectivity index (χ3v) is 4.29. The maximum absolute atomic E-state index is 12.9. The van der Waals surface area contributed by atoms with E-state index in [2.05, 4.69) is 4.98 Å². The van der Waals surface area contributed by atoms with Gasteiger partial charge in [0.15, 0.2) is 0 Å². The van der Waals surface area contributed by atoms with Gasteiger partial charge in [0.2, 0.25) is 5.91 Å². The number of hydrogen-bond donors (Lipinski definition) is 2. The largest absolute Gasteiger partial charge is 0.480 e. The van der Waals surface area contributed by atoms with Crippen molar-refractivity contribution in [1.82, 2.24) is 9.55 Å². The Bertz CT molecular complexity index is 1040. The zero-order chi connectivity index (χ0) is 19.4. The number of carbonyl (C=O) groups excluding carboxylic acids is 1. The molecule has 0 aliphatic heterocycles. The molecule has 0 fully saturated rings. The average Bonchev–Trinajstić information content (AvgIpc) is 2.67. The zero-order valence-electron chi connectivity index (χ0n) is 14.5. The number of aliphatic carboxylic acids is 1. The van der Waals surface area contributed by atoms with Gasteiger partial charge in [0.05, 0.1) is 10.9 Å². The summed E-state index contributed by atoms with van der Waals surface area (Å²) in [6, 6.07) is 15.0. The summed E-state index contributed by atoms with van der Waals surface area (Å²) >= 11 is 0. The fourth-order valence-corrected chi connectivity index (χ4v) is 2.85. The summed E-state index contributed by atoms with van der Waals surface area (Å²) in [6.07, 6.45) is 0.0883. The Balaban J connectivity index is 2.04. The normalized spacial score (nSPS) is 12.0. The number of nitrogens with two attached hydrogens (primary N) is 1. The Morgan fingerprint density at radius 3 is 2.44 bits per heavy atom. The number of aromatic nitrogens is 2. The number of benzene rings is 2. The third kappa shape index (κ3) is 4.09. The van der Waals surface area contributed by atoms with Gasteiger partial charge in [0, 0.05) is 12.8 Å². The van der Waals surface area contributed by atoms with Gasteiger partial charge < -0.3 is 10.8 Å².